The van der Waals surface area contributed by atoms with E-state index in [1.165, 1.54) is 19.3 Å². The molecule has 4 fully saturated rings. The summed E-state index contributed by atoms with van der Waals surface area (Å²) in [5, 5.41) is 0. The summed E-state index contributed by atoms with van der Waals surface area (Å²) in [6.07, 6.45) is 9.47. The molecule has 15 heavy (non-hydrogen) atoms. The largest absolute Gasteiger partial charge is 0.0874 e. The molecule has 0 N–H and O–H groups in total. The van der Waals surface area contributed by atoms with E-state index >= 15 is 0 Å². The van der Waals surface area contributed by atoms with Gasteiger partial charge >= 0.3 is 0 Å². The molecule has 5 aliphatic rings. The van der Waals surface area contributed by atoms with Gasteiger partial charge in [-0.25, -0.2) is 0 Å². The summed E-state index contributed by atoms with van der Waals surface area (Å²) in [5.41, 5.74) is 2.52. The van der Waals surface area contributed by atoms with E-state index in [0.29, 0.717) is 21.7 Å². The Bertz CT molecular complexity index is 383. The highest BCUT2D eigenvalue weighted by atomic mass is 15.0. The van der Waals surface area contributed by atoms with Crippen LogP contribution in [-0.4, -0.2) is 0 Å². The first kappa shape index (κ1) is 8.84. The van der Waals surface area contributed by atoms with E-state index in [2.05, 4.69) is 39.8 Å². The van der Waals surface area contributed by atoms with Crippen LogP contribution in [0.25, 0.3) is 0 Å². The van der Waals surface area contributed by atoms with E-state index < -0.39 is 0 Å². The zero-order valence-electron chi connectivity index (χ0n) is 10.4. The molecule has 5 aliphatic carbocycles. The average Bonchev–Trinajstić information content (AvgIpc) is 2.40. The molecule has 82 valence electrons. The highest BCUT2D eigenvalue weighted by Crippen LogP contribution is 2.98. The maximum atomic E-state index is 2.56. The van der Waals surface area contributed by atoms with E-state index in [1.54, 1.807) is 0 Å². The van der Waals surface area contributed by atoms with Crippen LogP contribution in [0.4, 0.5) is 0 Å². The first-order valence-electron chi connectivity index (χ1n) is 6.58. The van der Waals surface area contributed by atoms with Gasteiger partial charge in [-0.1, -0.05) is 39.8 Å². The van der Waals surface area contributed by atoms with Gasteiger partial charge < -0.3 is 0 Å². The molecule has 5 rings (SSSR count). The molecule has 0 amide bonds. The Kier molecular flexibility index (Phi) is 1.09. The van der Waals surface area contributed by atoms with Crippen LogP contribution in [0.2, 0.25) is 0 Å². The second-order valence-corrected chi connectivity index (χ2v) is 7.68. The Hall–Kier alpha value is -0.260. The van der Waals surface area contributed by atoms with Crippen molar-refractivity contribution in [1.29, 1.82) is 0 Å². The third-order valence-electron chi connectivity index (χ3n) is 7.29. The molecule has 4 bridgehead atoms. The second-order valence-electron chi connectivity index (χ2n) is 7.68. The summed E-state index contributed by atoms with van der Waals surface area (Å²) in [7, 11) is 0. The fourth-order valence-electron chi connectivity index (χ4n) is 6.67. The predicted octanol–water partition coefficient (Wildman–Crippen LogP) is 4.02. The topological polar surface area (TPSA) is 0 Å². The van der Waals surface area contributed by atoms with Crippen LogP contribution in [0, 0.1) is 33.5 Å². The lowest BCUT2D eigenvalue weighted by atomic mass is 9.64. The highest BCUT2D eigenvalue weighted by Gasteiger charge is 2.93. The molecule has 0 saturated heterocycles. The molecule has 2 spiro atoms. The summed E-state index contributed by atoms with van der Waals surface area (Å²) < 4.78 is 0. The molecule has 0 aromatic carbocycles. The fourth-order valence-corrected chi connectivity index (χ4v) is 6.67. The molecule has 4 saturated carbocycles. The summed E-state index contributed by atoms with van der Waals surface area (Å²) >= 11 is 0. The maximum absolute atomic E-state index is 2.56. The molecular formula is C15H22. The average molecular weight is 202 g/mol. The van der Waals surface area contributed by atoms with Crippen molar-refractivity contribution in [3.05, 3.63) is 12.2 Å². The SMILES string of the molecule is CC1(C)C=CCC23C4CC(CC412)C3(C)C. The van der Waals surface area contributed by atoms with Crippen LogP contribution in [0.3, 0.4) is 0 Å². The van der Waals surface area contributed by atoms with Crippen LogP contribution in [0.5, 0.6) is 0 Å². The molecular weight excluding hydrogens is 180 g/mol. The summed E-state index contributed by atoms with van der Waals surface area (Å²) in [5.74, 6) is 2.09. The molecule has 0 aliphatic heterocycles. The molecule has 0 heterocycles. The molecule has 4 atom stereocenters. The quantitative estimate of drug-likeness (QED) is 0.520. The van der Waals surface area contributed by atoms with Crippen LogP contribution < -0.4 is 0 Å². The van der Waals surface area contributed by atoms with Gasteiger partial charge in [-0.3, -0.25) is 0 Å². The number of hydrogen-bond donors (Lipinski definition) is 0. The smallest absolute Gasteiger partial charge is 0.0107 e. The van der Waals surface area contributed by atoms with Gasteiger partial charge in [0.2, 0.25) is 0 Å². The van der Waals surface area contributed by atoms with Crippen molar-refractivity contribution in [1.82, 2.24) is 0 Å². The Balaban J connectivity index is 1.98. The molecule has 0 nitrogen and oxygen atoms in total. The van der Waals surface area contributed by atoms with Gasteiger partial charge in [-0.15, -0.1) is 0 Å². The summed E-state index contributed by atoms with van der Waals surface area (Å²) in [4.78, 5) is 0. The van der Waals surface area contributed by atoms with Gasteiger partial charge in [0.1, 0.15) is 0 Å². The number of hydrogen-bond acceptors (Lipinski definition) is 0. The lowest BCUT2D eigenvalue weighted by Crippen LogP contribution is -2.33. The van der Waals surface area contributed by atoms with Crippen molar-refractivity contribution >= 4 is 0 Å². The molecule has 0 aromatic rings. The van der Waals surface area contributed by atoms with Crippen LogP contribution in [-0.2, 0) is 0 Å². The summed E-state index contributed by atoms with van der Waals surface area (Å²) in [6.45, 7) is 10.1. The van der Waals surface area contributed by atoms with Crippen molar-refractivity contribution in [2.24, 2.45) is 33.5 Å². The van der Waals surface area contributed by atoms with E-state index in [1.807, 2.05) is 0 Å². The van der Waals surface area contributed by atoms with Gasteiger partial charge in [-0.2, -0.15) is 0 Å². The van der Waals surface area contributed by atoms with Crippen LogP contribution >= 0.6 is 0 Å². The highest BCUT2D eigenvalue weighted by molar-refractivity contribution is 5.44. The summed E-state index contributed by atoms with van der Waals surface area (Å²) in [6, 6.07) is 0. The normalized spacial score (nSPS) is 60.5. The lowest BCUT2D eigenvalue weighted by Gasteiger charge is -2.40. The Labute approximate surface area is 93.1 Å². The fraction of sp³-hybridized carbons (Fsp3) is 0.867. The molecule has 4 unspecified atom stereocenters. The van der Waals surface area contributed by atoms with Gasteiger partial charge in [0.25, 0.3) is 0 Å². The zero-order valence-corrected chi connectivity index (χ0v) is 10.4. The van der Waals surface area contributed by atoms with Crippen molar-refractivity contribution in [3.63, 3.8) is 0 Å². The minimum Gasteiger partial charge on any atom is -0.0874 e. The molecule has 0 heteroatoms. The van der Waals surface area contributed by atoms with Crippen molar-refractivity contribution < 1.29 is 0 Å². The second kappa shape index (κ2) is 1.85. The minimum atomic E-state index is 0.471. The Morgan fingerprint density at radius 1 is 1.07 bits per heavy atom. The van der Waals surface area contributed by atoms with Gasteiger partial charge in [0.05, 0.1) is 0 Å². The van der Waals surface area contributed by atoms with Crippen molar-refractivity contribution in [2.45, 2.75) is 47.0 Å². The van der Waals surface area contributed by atoms with Gasteiger partial charge in [0.15, 0.2) is 0 Å². The minimum absolute atomic E-state index is 0.471. The number of allylic oxidation sites excluding steroid dienone is 2. The monoisotopic (exact) mass is 202 g/mol. The van der Waals surface area contributed by atoms with E-state index in [0.717, 1.165) is 11.8 Å². The first-order valence-corrected chi connectivity index (χ1v) is 6.58. The van der Waals surface area contributed by atoms with E-state index in [4.69, 9.17) is 0 Å². The van der Waals surface area contributed by atoms with Crippen molar-refractivity contribution in [2.75, 3.05) is 0 Å². The first-order chi connectivity index (χ1) is 6.90. The Morgan fingerprint density at radius 2 is 1.80 bits per heavy atom. The predicted molar refractivity (Wildman–Crippen MR) is 62.4 cm³/mol. The molecule has 0 radical (unpaired) electrons. The van der Waals surface area contributed by atoms with Crippen LogP contribution in [0.15, 0.2) is 12.2 Å². The van der Waals surface area contributed by atoms with E-state index in [-0.39, 0.29) is 0 Å². The van der Waals surface area contributed by atoms with Crippen LogP contribution in [0.1, 0.15) is 47.0 Å². The maximum Gasteiger partial charge on any atom is -0.0107 e. The lowest BCUT2D eigenvalue weighted by molar-refractivity contribution is 0.127. The van der Waals surface area contributed by atoms with Crippen molar-refractivity contribution in [3.8, 4) is 0 Å². The van der Waals surface area contributed by atoms with Gasteiger partial charge in [0, 0.05) is 0 Å². The Morgan fingerprint density at radius 3 is 2.40 bits per heavy atom. The third-order valence-corrected chi connectivity index (χ3v) is 7.29. The number of rotatable bonds is 0. The third kappa shape index (κ3) is 0.531. The van der Waals surface area contributed by atoms with Gasteiger partial charge in [-0.05, 0) is 52.8 Å². The zero-order chi connectivity index (χ0) is 10.7. The standard InChI is InChI=1S/C15H22/c1-12(2)6-5-7-14-11-8-10(13(14,3)4)9-15(11,12)14/h5-6,10-11H,7-9H2,1-4H3. The molecule has 0 aromatic heterocycles. The van der Waals surface area contributed by atoms with E-state index in [9.17, 15) is 0 Å².